The van der Waals surface area contributed by atoms with Crippen molar-refractivity contribution in [1.29, 1.82) is 0 Å². The molecule has 0 spiro atoms. The summed E-state index contributed by atoms with van der Waals surface area (Å²) >= 11 is 0. The Balaban J connectivity index is 0.000000386. The molecule has 1 aromatic carbocycles. The highest BCUT2D eigenvalue weighted by atomic mass is 15.2. The normalized spacial score (nSPS) is 16.4. The van der Waals surface area contributed by atoms with Crippen LogP contribution in [0.4, 0.5) is 0 Å². The fourth-order valence-corrected chi connectivity index (χ4v) is 1.71. The Morgan fingerprint density at radius 2 is 1.62 bits per heavy atom. The number of rotatable bonds is 2. The van der Waals surface area contributed by atoms with Crippen molar-refractivity contribution in [3.63, 3.8) is 0 Å². The minimum Gasteiger partial charge on any atom is -0.314 e. The molecule has 0 saturated carbocycles. The molecule has 90 valence electrons. The first-order chi connectivity index (χ1) is 7.86. The second kappa shape index (κ2) is 8.31. The lowest BCUT2D eigenvalue weighted by atomic mass is 10.2. The van der Waals surface area contributed by atoms with Crippen LogP contribution in [0.3, 0.4) is 0 Å². The molecular weight excluding hydrogens is 196 g/mol. The van der Waals surface area contributed by atoms with Crippen molar-refractivity contribution < 1.29 is 0 Å². The number of piperazine rings is 1. The number of benzene rings is 1. The van der Waals surface area contributed by atoms with Gasteiger partial charge in [-0.05, 0) is 5.56 Å². The highest BCUT2D eigenvalue weighted by molar-refractivity contribution is 5.14. The van der Waals surface area contributed by atoms with E-state index in [-0.39, 0.29) is 0 Å². The standard InChI is InChI=1S/C11H16N2.C3H8/c1-2-4-11(5-3-1)10-13-8-6-12-7-9-13;1-3-2/h1-5,12H,6-10H2;3H2,1-2H3. The molecule has 1 aromatic rings. The fourth-order valence-electron chi connectivity index (χ4n) is 1.71. The molecule has 16 heavy (non-hydrogen) atoms. The topological polar surface area (TPSA) is 15.3 Å². The maximum absolute atomic E-state index is 3.36. The maximum Gasteiger partial charge on any atom is 0.0234 e. The van der Waals surface area contributed by atoms with Crippen LogP contribution in [0.1, 0.15) is 25.8 Å². The lowest BCUT2D eigenvalue weighted by molar-refractivity contribution is 0.233. The van der Waals surface area contributed by atoms with Gasteiger partial charge in [0, 0.05) is 32.7 Å². The van der Waals surface area contributed by atoms with Gasteiger partial charge in [0.1, 0.15) is 0 Å². The van der Waals surface area contributed by atoms with Crippen LogP contribution in [0.2, 0.25) is 0 Å². The van der Waals surface area contributed by atoms with E-state index in [4.69, 9.17) is 0 Å². The molecule has 2 nitrogen and oxygen atoms in total. The third-order valence-electron chi connectivity index (χ3n) is 2.46. The largest absolute Gasteiger partial charge is 0.314 e. The summed E-state index contributed by atoms with van der Waals surface area (Å²) < 4.78 is 0. The summed E-state index contributed by atoms with van der Waals surface area (Å²) in [6.07, 6.45) is 1.25. The zero-order valence-corrected chi connectivity index (χ0v) is 10.6. The van der Waals surface area contributed by atoms with Crippen LogP contribution in [0, 0.1) is 0 Å². The van der Waals surface area contributed by atoms with Gasteiger partial charge in [0.15, 0.2) is 0 Å². The van der Waals surface area contributed by atoms with E-state index < -0.39 is 0 Å². The Morgan fingerprint density at radius 1 is 1.06 bits per heavy atom. The first-order valence-corrected chi connectivity index (χ1v) is 6.33. The van der Waals surface area contributed by atoms with Gasteiger partial charge in [0.05, 0.1) is 0 Å². The molecular formula is C14H24N2. The van der Waals surface area contributed by atoms with Gasteiger partial charge in [-0.2, -0.15) is 0 Å². The number of hydrogen-bond donors (Lipinski definition) is 1. The smallest absolute Gasteiger partial charge is 0.0234 e. The van der Waals surface area contributed by atoms with E-state index in [1.807, 2.05) is 0 Å². The molecule has 0 aromatic heterocycles. The Hall–Kier alpha value is -0.860. The highest BCUT2D eigenvalue weighted by Crippen LogP contribution is 2.04. The van der Waals surface area contributed by atoms with Crippen LogP contribution in [-0.2, 0) is 6.54 Å². The van der Waals surface area contributed by atoms with Crippen LogP contribution in [0.25, 0.3) is 0 Å². The molecule has 1 N–H and O–H groups in total. The molecule has 0 radical (unpaired) electrons. The van der Waals surface area contributed by atoms with Crippen molar-refractivity contribution in [2.75, 3.05) is 26.2 Å². The third kappa shape index (κ3) is 5.29. The number of hydrogen-bond acceptors (Lipinski definition) is 2. The molecule has 0 bridgehead atoms. The molecule has 2 heteroatoms. The van der Waals surface area contributed by atoms with Crippen LogP contribution >= 0.6 is 0 Å². The summed E-state index contributed by atoms with van der Waals surface area (Å²) in [6.45, 7) is 9.96. The third-order valence-corrected chi connectivity index (χ3v) is 2.46. The predicted octanol–water partition coefficient (Wildman–Crippen LogP) is 2.51. The minimum absolute atomic E-state index is 1.10. The molecule has 1 aliphatic rings. The first-order valence-electron chi connectivity index (χ1n) is 6.33. The van der Waals surface area contributed by atoms with E-state index in [0.29, 0.717) is 0 Å². The number of nitrogens with one attached hydrogen (secondary N) is 1. The molecule has 1 fully saturated rings. The highest BCUT2D eigenvalue weighted by Gasteiger charge is 2.08. The molecule has 0 amide bonds. The van der Waals surface area contributed by atoms with Gasteiger partial charge >= 0.3 is 0 Å². The number of nitrogens with zero attached hydrogens (tertiary/aromatic N) is 1. The molecule has 1 saturated heterocycles. The van der Waals surface area contributed by atoms with Gasteiger partial charge in [-0.3, -0.25) is 4.90 Å². The SMILES string of the molecule is CCC.c1ccc(CN2CCNCC2)cc1. The Kier molecular flexibility index (Phi) is 6.86. The van der Waals surface area contributed by atoms with Gasteiger partial charge in [0.2, 0.25) is 0 Å². The van der Waals surface area contributed by atoms with Gasteiger partial charge in [-0.1, -0.05) is 50.6 Å². The van der Waals surface area contributed by atoms with Crippen molar-refractivity contribution in [1.82, 2.24) is 10.2 Å². The van der Waals surface area contributed by atoms with Crippen molar-refractivity contribution in [3.8, 4) is 0 Å². The average Bonchev–Trinajstić information content (AvgIpc) is 2.33. The summed E-state index contributed by atoms with van der Waals surface area (Å²) in [6, 6.07) is 10.7. The van der Waals surface area contributed by atoms with Crippen molar-refractivity contribution in [3.05, 3.63) is 35.9 Å². The average molecular weight is 220 g/mol. The molecule has 2 rings (SSSR count). The van der Waals surface area contributed by atoms with E-state index in [1.54, 1.807) is 0 Å². The lowest BCUT2D eigenvalue weighted by Gasteiger charge is -2.27. The van der Waals surface area contributed by atoms with Crippen molar-refractivity contribution >= 4 is 0 Å². The molecule has 0 atom stereocenters. The van der Waals surface area contributed by atoms with Gasteiger partial charge in [-0.15, -0.1) is 0 Å². The Bertz CT molecular complexity index is 253. The van der Waals surface area contributed by atoms with Crippen molar-refractivity contribution in [2.45, 2.75) is 26.8 Å². The van der Waals surface area contributed by atoms with Gasteiger partial charge in [-0.25, -0.2) is 0 Å². The van der Waals surface area contributed by atoms with Crippen LogP contribution in [-0.4, -0.2) is 31.1 Å². The zero-order chi connectivity index (χ0) is 11.6. The molecule has 0 unspecified atom stereocenters. The van der Waals surface area contributed by atoms with Crippen LogP contribution < -0.4 is 5.32 Å². The van der Waals surface area contributed by atoms with E-state index in [9.17, 15) is 0 Å². The van der Waals surface area contributed by atoms with Crippen molar-refractivity contribution in [2.24, 2.45) is 0 Å². The maximum atomic E-state index is 3.36. The molecule has 1 aliphatic heterocycles. The van der Waals surface area contributed by atoms with E-state index >= 15 is 0 Å². The van der Waals surface area contributed by atoms with Crippen LogP contribution in [0.5, 0.6) is 0 Å². The van der Waals surface area contributed by atoms with Gasteiger partial charge in [0.25, 0.3) is 0 Å². The first kappa shape index (κ1) is 13.2. The summed E-state index contributed by atoms with van der Waals surface area (Å²) in [4.78, 5) is 2.49. The summed E-state index contributed by atoms with van der Waals surface area (Å²) in [5.74, 6) is 0. The summed E-state index contributed by atoms with van der Waals surface area (Å²) in [5, 5.41) is 3.36. The zero-order valence-electron chi connectivity index (χ0n) is 10.6. The second-order valence-electron chi connectivity index (χ2n) is 4.22. The Labute approximate surface area is 99.7 Å². The van der Waals surface area contributed by atoms with Gasteiger partial charge < -0.3 is 5.32 Å². The second-order valence-corrected chi connectivity index (χ2v) is 4.22. The molecule has 0 aliphatic carbocycles. The predicted molar refractivity (Wildman–Crippen MR) is 70.6 cm³/mol. The minimum atomic E-state index is 1.10. The lowest BCUT2D eigenvalue weighted by Crippen LogP contribution is -2.42. The van der Waals surface area contributed by atoms with E-state index in [0.717, 1.165) is 19.6 Å². The monoisotopic (exact) mass is 220 g/mol. The van der Waals surface area contributed by atoms with E-state index in [2.05, 4.69) is 54.4 Å². The Morgan fingerprint density at radius 3 is 2.19 bits per heavy atom. The van der Waals surface area contributed by atoms with Crippen LogP contribution in [0.15, 0.2) is 30.3 Å². The fraction of sp³-hybridized carbons (Fsp3) is 0.571. The summed E-state index contributed by atoms with van der Waals surface area (Å²) in [7, 11) is 0. The summed E-state index contributed by atoms with van der Waals surface area (Å²) in [5.41, 5.74) is 1.42. The molecule has 1 heterocycles. The van der Waals surface area contributed by atoms with E-state index in [1.165, 1.54) is 25.1 Å². The quantitative estimate of drug-likeness (QED) is 0.824.